The highest BCUT2D eigenvalue weighted by Gasteiger charge is 2.34. The van der Waals surface area contributed by atoms with E-state index in [4.69, 9.17) is 5.73 Å². The zero-order valence-electron chi connectivity index (χ0n) is 9.08. The molecule has 1 aliphatic carbocycles. The summed E-state index contributed by atoms with van der Waals surface area (Å²) in [7, 11) is 0. The van der Waals surface area contributed by atoms with Crippen LogP contribution in [0.1, 0.15) is 36.8 Å². The van der Waals surface area contributed by atoms with Crippen LogP contribution in [0.5, 0.6) is 0 Å². The molecule has 0 radical (unpaired) electrons. The smallest absolute Gasteiger partial charge is 0.0527 e. The first-order chi connectivity index (χ1) is 7.30. The third-order valence-electron chi connectivity index (χ3n) is 3.64. The number of nitrogens with two attached hydrogens (primary N) is 1. The summed E-state index contributed by atoms with van der Waals surface area (Å²) in [5, 5.41) is 9.60. The number of rotatable bonds is 3. The van der Waals surface area contributed by atoms with Crippen LogP contribution in [0, 0.1) is 0 Å². The molecule has 0 spiro atoms. The maximum atomic E-state index is 9.60. The summed E-state index contributed by atoms with van der Waals surface area (Å²) in [5.41, 5.74) is 8.09. The molecule has 1 aliphatic rings. The lowest BCUT2D eigenvalue weighted by Gasteiger charge is -2.27. The highest BCUT2D eigenvalue weighted by Crippen LogP contribution is 2.40. The predicted molar refractivity (Wildman–Crippen MR) is 61.6 cm³/mol. The van der Waals surface area contributed by atoms with Gasteiger partial charge in [-0.05, 0) is 24.0 Å². The van der Waals surface area contributed by atoms with Crippen LogP contribution >= 0.6 is 0 Å². The average molecular weight is 205 g/mol. The summed E-state index contributed by atoms with van der Waals surface area (Å²) in [6.07, 6.45) is 4.68. The second-order valence-corrected chi connectivity index (χ2v) is 4.55. The Balaban J connectivity index is 2.33. The minimum Gasteiger partial charge on any atom is -0.395 e. The van der Waals surface area contributed by atoms with Gasteiger partial charge in [0.15, 0.2) is 0 Å². The van der Waals surface area contributed by atoms with E-state index in [0.717, 1.165) is 18.4 Å². The second-order valence-electron chi connectivity index (χ2n) is 4.55. The Labute approximate surface area is 91.1 Å². The molecule has 0 atom stereocenters. The van der Waals surface area contributed by atoms with Crippen LogP contribution in [0.15, 0.2) is 24.3 Å². The van der Waals surface area contributed by atoms with Crippen LogP contribution in [0.3, 0.4) is 0 Å². The van der Waals surface area contributed by atoms with Crippen molar-refractivity contribution in [1.82, 2.24) is 0 Å². The van der Waals surface area contributed by atoms with Crippen molar-refractivity contribution >= 4 is 0 Å². The van der Waals surface area contributed by atoms with Crippen molar-refractivity contribution in [2.24, 2.45) is 5.73 Å². The molecule has 0 saturated heterocycles. The van der Waals surface area contributed by atoms with E-state index in [-0.39, 0.29) is 12.0 Å². The van der Waals surface area contributed by atoms with Gasteiger partial charge in [-0.3, -0.25) is 0 Å². The largest absolute Gasteiger partial charge is 0.395 e. The van der Waals surface area contributed by atoms with E-state index in [1.165, 1.54) is 18.4 Å². The SMILES string of the molecule is NCc1cccc(C2(CO)CCCC2)c1. The fourth-order valence-corrected chi connectivity index (χ4v) is 2.62. The van der Waals surface area contributed by atoms with E-state index in [2.05, 4.69) is 12.1 Å². The van der Waals surface area contributed by atoms with E-state index in [9.17, 15) is 5.11 Å². The van der Waals surface area contributed by atoms with E-state index in [0.29, 0.717) is 6.54 Å². The van der Waals surface area contributed by atoms with E-state index in [1.807, 2.05) is 12.1 Å². The lowest BCUT2D eigenvalue weighted by atomic mass is 9.79. The van der Waals surface area contributed by atoms with Crippen molar-refractivity contribution in [3.63, 3.8) is 0 Å². The predicted octanol–water partition coefficient (Wildman–Crippen LogP) is 1.95. The molecule has 0 aliphatic heterocycles. The van der Waals surface area contributed by atoms with Gasteiger partial charge in [0, 0.05) is 12.0 Å². The first-order valence-electron chi connectivity index (χ1n) is 5.71. The molecule has 15 heavy (non-hydrogen) atoms. The summed E-state index contributed by atoms with van der Waals surface area (Å²) in [6.45, 7) is 0.844. The molecular formula is C13H19NO. The number of aliphatic hydroxyl groups excluding tert-OH is 1. The Morgan fingerprint density at radius 2 is 2.00 bits per heavy atom. The minimum absolute atomic E-state index is 0.0190. The Bertz CT molecular complexity index is 329. The van der Waals surface area contributed by atoms with Gasteiger partial charge >= 0.3 is 0 Å². The van der Waals surface area contributed by atoms with Crippen molar-refractivity contribution in [2.45, 2.75) is 37.6 Å². The van der Waals surface area contributed by atoms with Gasteiger partial charge in [0.25, 0.3) is 0 Å². The minimum atomic E-state index is 0.0190. The van der Waals surface area contributed by atoms with Crippen LogP contribution in [0.25, 0.3) is 0 Å². The lowest BCUT2D eigenvalue weighted by Crippen LogP contribution is -2.26. The number of benzene rings is 1. The number of hydrogen-bond acceptors (Lipinski definition) is 2. The molecule has 0 amide bonds. The summed E-state index contributed by atoms with van der Waals surface area (Å²) in [5.74, 6) is 0. The summed E-state index contributed by atoms with van der Waals surface area (Å²) in [6, 6.07) is 8.37. The molecule has 1 saturated carbocycles. The molecule has 2 heteroatoms. The van der Waals surface area contributed by atoms with Crippen molar-refractivity contribution in [1.29, 1.82) is 0 Å². The van der Waals surface area contributed by atoms with Crippen molar-refractivity contribution in [2.75, 3.05) is 6.61 Å². The molecule has 0 heterocycles. The van der Waals surface area contributed by atoms with Gasteiger partial charge in [0.1, 0.15) is 0 Å². The maximum Gasteiger partial charge on any atom is 0.0527 e. The first kappa shape index (κ1) is 10.7. The zero-order valence-corrected chi connectivity index (χ0v) is 9.08. The molecule has 0 unspecified atom stereocenters. The van der Waals surface area contributed by atoms with Crippen LogP contribution in [-0.4, -0.2) is 11.7 Å². The van der Waals surface area contributed by atoms with E-state index >= 15 is 0 Å². The Hall–Kier alpha value is -0.860. The first-order valence-corrected chi connectivity index (χ1v) is 5.71. The topological polar surface area (TPSA) is 46.2 Å². The molecule has 1 aromatic carbocycles. The van der Waals surface area contributed by atoms with E-state index in [1.54, 1.807) is 0 Å². The summed E-state index contributed by atoms with van der Waals surface area (Å²) in [4.78, 5) is 0. The number of hydrogen-bond donors (Lipinski definition) is 2. The molecule has 2 nitrogen and oxygen atoms in total. The van der Waals surface area contributed by atoms with Crippen LogP contribution in [0.4, 0.5) is 0 Å². The van der Waals surface area contributed by atoms with Crippen LogP contribution < -0.4 is 5.73 Å². The van der Waals surface area contributed by atoms with Gasteiger partial charge in [-0.15, -0.1) is 0 Å². The van der Waals surface area contributed by atoms with Crippen LogP contribution in [0.2, 0.25) is 0 Å². The second kappa shape index (κ2) is 4.33. The van der Waals surface area contributed by atoms with Crippen LogP contribution in [-0.2, 0) is 12.0 Å². The lowest BCUT2D eigenvalue weighted by molar-refractivity contribution is 0.196. The fourth-order valence-electron chi connectivity index (χ4n) is 2.62. The summed E-state index contributed by atoms with van der Waals surface area (Å²) < 4.78 is 0. The van der Waals surface area contributed by atoms with Crippen molar-refractivity contribution in [3.05, 3.63) is 35.4 Å². The maximum absolute atomic E-state index is 9.60. The molecule has 1 fully saturated rings. The number of aliphatic hydroxyl groups is 1. The van der Waals surface area contributed by atoms with Gasteiger partial charge in [0.2, 0.25) is 0 Å². The normalized spacial score (nSPS) is 19.3. The average Bonchev–Trinajstić information content (AvgIpc) is 2.79. The van der Waals surface area contributed by atoms with Gasteiger partial charge in [-0.25, -0.2) is 0 Å². The van der Waals surface area contributed by atoms with Gasteiger partial charge < -0.3 is 10.8 Å². The highest BCUT2D eigenvalue weighted by atomic mass is 16.3. The molecule has 3 N–H and O–H groups in total. The molecule has 1 aromatic rings. The molecule has 0 bridgehead atoms. The standard InChI is InChI=1S/C13H19NO/c14-9-11-4-3-5-12(8-11)13(10-15)6-1-2-7-13/h3-5,8,15H,1-2,6-7,9-10,14H2. The molecular weight excluding hydrogens is 186 g/mol. The summed E-state index contributed by atoms with van der Waals surface area (Å²) >= 11 is 0. The Kier molecular flexibility index (Phi) is 3.08. The van der Waals surface area contributed by atoms with E-state index < -0.39 is 0 Å². The Morgan fingerprint density at radius 3 is 2.60 bits per heavy atom. The van der Waals surface area contributed by atoms with Gasteiger partial charge in [0.05, 0.1) is 6.61 Å². The van der Waals surface area contributed by atoms with Crippen molar-refractivity contribution < 1.29 is 5.11 Å². The fraction of sp³-hybridized carbons (Fsp3) is 0.538. The quantitative estimate of drug-likeness (QED) is 0.792. The Morgan fingerprint density at radius 1 is 1.27 bits per heavy atom. The molecule has 82 valence electrons. The monoisotopic (exact) mass is 205 g/mol. The highest BCUT2D eigenvalue weighted by molar-refractivity contribution is 5.31. The zero-order chi connectivity index (χ0) is 10.7. The molecule has 2 rings (SSSR count). The van der Waals surface area contributed by atoms with Gasteiger partial charge in [-0.2, -0.15) is 0 Å². The third-order valence-corrected chi connectivity index (χ3v) is 3.64. The van der Waals surface area contributed by atoms with Crippen molar-refractivity contribution in [3.8, 4) is 0 Å². The third kappa shape index (κ3) is 1.92. The molecule has 0 aromatic heterocycles. The van der Waals surface area contributed by atoms with Gasteiger partial charge in [-0.1, -0.05) is 37.1 Å².